The molecule has 1 atom stereocenters. The molecule has 0 bridgehead atoms. The van der Waals surface area contributed by atoms with Crippen molar-refractivity contribution in [3.8, 4) is 0 Å². The van der Waals surface area contributed by atoms with Crippen LogP contribution in [-0.2, 0) is 0 Å². The van der Waals surface area contributed by atoms with Gasteiger partial charge in [-0.3, -0.25) is 4.90 Å². The first-order valence-electron chi connectivity index (χ1n) is 8.00. The summed E-state index contributed by atoms with van der Waals surface area (Å²) >= 11 is 49.7. The second kappa shape index (κ2) is 9.74. The Morgan fingerprint density at radius 2 is 1.50 bits per heavy atom. The molecule has 0 N–H and O–H groups in total. The Morgan fingerprint density at radius 1 is 0.964 bits per heavy atom. The molecule has 0 spiro atoms. The van der Waals surface area contributed by atoms with Gasteiger partial charge in [0, 0.05) is 30.5 Å². The van der Waals surface area contributed by atoms with E-state index >= 15 is 0 Å². The van der Waals surface area contributed by atoms with E-state index < -0.39 is 13.2 Å². The molecule has 1 aliphatic rings. The van der Waals surface area contributed by atoms with Crippen molar-refractivity contribution >= 4 is 110 Å². The standard InChI is InChI=1S/C16H16Cl8N4/c1-14(16(22,23)24)26-13(27(9-7-17)10-8-18)25-12(15(19,20)21)28(14)11-5-3-2-4-6-11/h2-6H,7-10H2,1H3. The summed E-state index contributed by atoms with van der Waals surface area (Å²) in [4.78, 5) is 12.4. The van der Waals surface area contributed by atoms with Gasteiger partial charge in [-0.05, 0) is 19.1 Å². The molecule has 2 rings (SSSR count). The van der Waals surface area contributed by atoms with Gasteiger partial charge in [-0.25, -0.2) is 4.99 Å². The summed E-state index contributed by atoms with van der Waals surface area (Å²) in [5, 5.41) is 0. The minimum atomic E-state index is -1.93. The van der Waals surface area contributed by atoms with Gasteiger partial charge in [-0.1, -0.05) is 87.8 Å². The highest BCUT2D eigenvalue weighted by Crippen LogP contribution is 2.48. The molecule has 0 aliphatic carbocycles. The first-order valence-corrected chi connectivity index (χ1v) is 11.3. The molecular formula is C16H16Cl8N4. The van der Waals surface area contributed by atoms with Crippen molar-refractivity contribution in [3.05, 3.63) is 30.3 Å². The molecule has 12 heteroatoms. The van der Waals surface area contributed by atoms with Crippen LogP contribution in [0.15, 0.2) is 40.3 Å². The largest absolute Gasteiger partial charge is 0.339 e. The highest BCUT2D eigenvalue weighted by Gasteiger charge is 2.56. The molecule has 1 aliphatic heterocycles. The predicted molar refractivity (Wildman–Crippen MR) is 126 cm³/mol. The van der Waals surface area contributed by atoms with Crippen LogP contribution in [0.1, 0.15) is 6.92 Å². The molecule has 1 aromatic rings. The molecule has 0 saturated heterocycles. The van der Waals surface area contributed by atoms with Crippen LogP contribution in [0.5, 0.6) is 0 Å². The summed E-state index contributed by atoms with van der Waals surface area (Å²) in [6, 6.07) is 8.99. The van der Waals surface area contributed by atoms with Gasteiger partial charge in [-0.15, -0.1) is 23.2 Å². The van der Waals surface area contributed by atoms with E-state index in [1.807, 2.05) is 6.07 Å². The lowest BCUT2D eigenvalue weighted by molar-refractivity contribution is 0.428. The second-order valence-electron chi connectivity index (χ2n) is 5.90. The topological polar surface area (TPSA) is 31.2 Å². The average molecular weight is 548 g/mol. The number of benzene rings is 1. The molecule has 1 unspecified atom stereocenters. The van der Waals surface area contributed by atoms with Crippen LogP contribution in [0, 0.1) is 0 Å². The quantitative estimate of drug-likeness (QED) is 0.394. The number of halogens is 8. The van der Waals surface area contributed by atoms with E-state index in [2.05, 4.69) is 9.98 Å². The molecule has 28 heavy (non-hydrogen) atoms. The lowest BCUT2D eigenvalue weighted by Gasteiger charge is -2.48. The Labute approximate surface area is 204 Å². The van der Waals surface area contributed by atoms with Crippen LogP contribution in [0.3, 0.4) is 0 Å². The monoisotopic (exact) mass is 544 g/mol. The first kappa shape index (κ1) is 24.7. The molecule has 0 amide bonds. The number of guanidine groups is 1. The van der Waals surface area contributed by atoms with Gasteiger partial charge in [0.25, 0.3) is 0 Å². The summed E-state index contributed by atoms with van der Waals surface area (Å²) in [7, 11) is 0. The minimum Gasteiger partial charge on any atom is -0.339 e. The number of anilines is 1. The third-order valence-corrected chi connectivity index (χ3v) is 5.89. The van der Waals surface area contributed by atoms with E-state index in [4.69, 9.17) is 92.8 Å². The Bertz CT molecular complexity index is 722. The van der Waals surface area contributed by atoms with E-state index in [9.17, 15) is 0 Å². The molecule has 1 aromatic carbocycles. The van der Waals surface area contributed by atoms with E-state index in [0.717, 1.165) is 0 Å². The third-order valence-electron chi connectivity index (χ3n) is 3.97. The molecule has 0 radical (unpaired) electrons. The third kappa shape index (κ3) is 5.39. The van der Waals surface area contributed by atoms with Gasteiger partial charge in [0.05, 0.1) is 0 Å². The zero-order valence-electron chi connectivity index (χ0n) is 14.5. The number of hydrogen-bond acceptors (Lipinski definition) is 4. The van der Waals surface area contributed by atoms with E-state index in [1.165, 1.54) is 4.90 Å². The number of para-hydroxylation sites is 1. The van der Waals surface area contributed by atoms with Crippen molar-refractivity contribution in [1.29, 1.82) is 0 Å². The van der Waals surface area contributed by atoms with Crippen molar-refractivity contribution in [3.63, 3.8) is 0 Å². The SMILES string of the molecule is CC1(C(Cl)(Cl)Cl)N=C(N(CCCl)CCCl)N=C(C(Cl)(Cl)Cl)N1c1ccccc1. The predicted octanol–water partition coefficient (Wildman–Crippen LogP) is 6.50. The van der Waals surface area contributed by atoms with Crippen molar-refractivity contribution in [2.75, 3.05) is 29.7 Å². The number of amidine groups is 1. The molecular weight excluding hydrogens is 532 g/mol. The Balaban J connectivity index is 2.74. The smallest absolute Gasteiger partial charge is 0.248 e. The van der Waals surface area contributed by atoms with E-state index in [-0.39, 0.29) is 11.8 Å². The summed E-state index contributed by atoms with van der Waals surface area (Å²) in [5.41, 5.74) is -0.892. The van der Waals surface area contributed by atoms with Crippen molar-refractivity contribution < 1.29 is 0 Å². The lowest BCUT2D eigenvalue weighted by atomic mass is 10.1. The highest BCUT2D eigenvalue weighted by atomic mass is 35.6. The van der Waals surface area contributed by atoms with Gasteiger partial charge in [0.1, 0.15) is 0 Å². The maximum Gasteiger partial charge on any atom is 0.248 e. The number of rotatable bonds is 5. The van der Waals surface area contributed by atoms with E-state index in [0.29, 0.717) is 30.5 Å². The Hall–Kier alpha value is 0.480. The van der Waals surface area contributed by atoms with Gasteiger partial charge in [-0.2, -0.15) is 4.99 Å². The highest BCUT2D eigenvalue weighted by molar-refractivity contribution is 6.78. The fraction of sp³-hybridized carbons (Fsp3) is 0.500. The zero-order valence-corrected chi connectivity index (χ0v) is 20.6. The van der Waals surface area contributed by atoms with Gasteiger partial charge < -0.3 is 4.90 Å². The van der Waals surface area contributed by atoms with Gasteiger partial charge in [0.15, 0.2) is 11.5 Å². The van der Waals surface area contributed by atoms with Crippen LogP contribution in [0.4, 0.5) is 5.69 Å². The average Bonchev–Trinajstić information content (AvgIpc) is 2.60. The maximum absolute atomic E-state index is 6.36. The number of aliphatic imine (C=N–C) groups is 2. The number of nitrogens with zero attached hydrogens (tertiary/aromatic N) is 4. The fourth-order valence-corrected chi connectivity index (χ4v) is 3.78. The Kier molecular flexibility index (Phi) is 8.61. The molecule has 0 aromatic heterocycles. The van der Waals surface area contributed by atoms with E-state index in [1.54, 1.807) is 36.1 Å². The van der Waals surface area contributed by atoms with Crippen LogP contribution in [0.2, 0.25) is 0 Å². The second-order valence-corrected chi connectivity index (χ2v) is 11.2. The first-order chi connectivity index (χ1) is 13.0. The van der Waals surface area contributed by atoms with Crippen LogP contribution >= 0.6 is 92.8 Å². The Morgan fingerprint density at radius 3 is 1.93 bits per heavy atom. The normalized spacial score (nSPS) is 20.7. The summed E-state index contributed by atoms with van der Waals surface area (Å²) in [6.07, 6.45) is 0. The van der Waals surface area contributed by atoms with Crippen LogP contribution in [-0.4, -0.2) is 54.8 Å². The fourth-order valence-electron chi connectivity index (χ4n) is 2.61. The number of alkyl halides is 8. The minimum absolute atomic E-state index is 0.0386. The van der Waals surface area contributed by atoms with Crippen LogP contribution < -0.4 is 4.90 Å². The zero-order chi connectivity index (χ0) is 21.2. The molecule has 156 valence electrons. The lowest BCUT2D eigenvalue weighted by Crippen LogP contribution is -2.63. The number of hydrogen-bond donors (Lipinski definition) is 0. The van der Waals surface area contributed by atoms with Gasteiger partial charge in [0.2, 0.25) is 13.5 Å². The maximum atomic E-state index is 6.36. The van der Waals surface area contributed by atoms with Crippen molar-refractivity contribution in [2.45, 2.75) is 20.2 Å². The summed E-state index contributed by atoms with van der Waals surface area (Å²) in [5.74, 6) is 0.864. The molecule has 0 saturated carbocycles. The molecule has 0 fully saturated rings. The van der Waals surface area contributed by atoms with Crippen molar-refractivity contribution in [1.82, 2.24) is 4.90 Å². The summed E-state index contributed by atoms with van der Waals surface area (Å²) < 4.78 is -3.83. The molecule has 4 nitrogen and oxygen atoms in total. The van der Waals surface area contributed by atoms with Gasteiger partial charge >= 0.3 is 0 Å². The summed E-state index contributed by atoms with van der Waals surface area (Å²) in [6.45, 7) is 2.44. The van der Waals surface area contributed by atoms with Crippen LogP contribution in [0.25, 0.3) is 0 Å². The molecule has 1 heterocycles. The van der Waals surface area contributed by atoms with Crippen molar-refractivity contribution in [2.24, 2.45) is 9.98 Å².